The third-order valence-corrected chi connectivity index (χ3v) is 4.98. The van der Waals surface area contributed by atoms with E-state index in [1.54, 1.807) is 24.5 Å². The molecule has 136 valence electrons. The second kappa shape index (κ2) is 9.18. The van der Waals surface area contributed by atoms with E-state index in [0.29, 0.717) is 18.8 Å². The van der Waals surface area contributed by atoms with Crippen molar-refractivity contribution in [1.29, 1.82) is 5.26 Å². The van der Waals surface area contributed by atoms with E-state index < -0.39 is 0 Å². The van der Waals surface area contributed by atoms with Crippen molar-refractivity contribution in [3.05, 3.63) is 87.1 Å². The van der Waals surface area contributed by atoms with Gasteiger partial charge in [-0.05, 0) is 75.9 Å². The first-order valence-corrected chi connectivity index (χ1v) is 9.59. The first kappa shape index (κ1) is 18.9. The third kappa shape index (κ3) is 4.85. The Kier molecular flexibility index (Phi) is 6.43. The lowest BCUT2D eigenvalue weighted by Gasteiger charge is -2.12. The fraction of sp³-hybridized carbons (Fsp3) is 0.174. The number of thiophene rings is 1. The predicted molar refractivity (Wildman–Crippen MR) is 111 cm³/mol. The van der Waals surface area contributed by atoms with Crippen LogP contribution < -0.4 is 4.74 Å². The Morgan fingerprint density at radius 3 is 2.74 bits per heavy atom. The first-order chi connectivity index (χ1) is 13.2. The lowest BCUT2D eigenvalue weighted by molar-refractivity contribution is 0.240. The molecule has 0 atom stereocenters. The standard InChI is InChI=1S/C23H21NO2S/c1-17-5-3-4-6-23(17)21(15-25-2)11-20-12-22(8-7-19(20)13-24)26-14-18-9-10-27-16-18/h3-12,16H,14-15H2,1-2H3/b21-11-. The molecule has 3 nitrogen and oxygen atoms in total. The van der Waals surface area contributed by atoms with Crippen LogP contribution in [0.3, 0.4) is 0 Å². The van der Waals surface area contributed by atoms with E-state index in [0.717, 1.165) is 28.0 Å². The van der Waals surface area contributed by atoms with Crippen LogP contribution in [0, 0.1) is 18.3 Å². The highest BCUT2D eigenvalue weighted by Crippen LogP contribution is 2.26. The fourth-order valence-corrected chi connectivity index (χ4v) is 3.52. The summed E-state index contributed by atoms with van der Waals surface area (Å²) in [4.78, 5) is 0. The topological polar surface area (TPSA) is 42.2 Å². The van der Waals surface area contributed by atoms with Crippen molar-refractivity contribution in [3.8, 4) is 11.8 Å². The van der Waals surface area contributed by atoms with Crippen molar-refractivity contribution in [3.63, 3.8) is 0 Å². The molecule has 0 unspecified atom stereocenters. The van der Waals surface area contributed by atoms with Crippen LogP contribution in [0.5, 0.6) is 5.75 Å². The average molecular weight is 375 g/mol. The van der Waals surface area contributed by atoms with Crippen LogP contribution in [-0.2, 0) is 11.3 Å². The lowest BCUT2D eigenvalue weighted by atomic mass is 9.97. The molecule has 0 saturated heterocycles. The SMILES string of the molecule is COC/C(=C/c1cc(OCc2ccsc2)ccc1C#N)c1ccccc1C. The highest BCUT2D eigenvalue weighted by atomic mass is 32.1. The van der Waals surface area contributed by atoms with Crippen molar-refractivity contribution in [2.24, 2.45) is 0 Å². The Balaban J connectivity index is 1.94. The molecule has 4 heteroatoms. The zero-order valence-electron chi connectivity index (χ0n) is 15.4. The number of methoxy groups -OCH3 is 1. The van der Waals surface area contributed by atoms with Gasteiger partial charge in [0.05, 0.1) is 18.2 Å². The molecule has 1 heterocycles. The van der Waals surface area contributed by atoms with Gasteiger partial charge in [0.2, 0.25) is 0 Å². The summed E-state index contributed by atoms with van der Waals surface area (Å²) >= 11 is 1.65. The number of nitrogens with zero attached hydrogens (tertiary/aromatic N) is 1. The van der Waals surface area contributed by atoms with E-state index >= 15 is 0 Å². The summed E-state index contributed by atoms with van der Waals surface area (Å²) in [6, 6.07) is 18.0. The molecule has 27 heavy (non-hydrogen) atoms. The van der Waals surface area contributed by atoms with Gasteiger partial charge in [0.1, 0.15) is 12.4 Å². The summed E-state index contributed by atoms with van der Waals surface area (Å²) in [5, 5.41) is 13.6. The van der Waals surface area contributed by atoms with E-state index in [-0.39, 0.29) is 0 Å². The summed E-state index contributed by atoms with van der Waals surface area (Å²) in [7, 11) is 1.68. The van der Waals surface area contributed by atoms with Gasteiger partial charge < -0.3 is 9.47 Å². The molecule has 0 radical (unpaired) electrons. The number of ether oxygens (including phenoxy) is 2. The Labute approximate surface area is 164 Å². The molecular weight excluding hydrogens is 354 g/mol. The maximum absolute atomic E-state index is 9.51. The molecule has 0 N–H and O–H groups in total. The quantitative estimate of drug-likeness (QED) is 0.498. The van der Waals surface area contributed by atoms with Crippen LogP contribution >= 0.6 is 11.3 Å². The van der Waals surface area contributed by atoms with Crippen LogP contribution in [0.15, 0.2) is 59.3 Å². The van der Waals surface area contributed by atoms with Crippen LogP contribution in [0.4, 0.5) is 0 Å². The summed E-state index contributed by atoms with van der Waals surface area (Å²) in [6.07, 6.45) is 2.02. The minimum absolute atomic E-state index is 0.468. The normalized spacial score (nSPS) is 11.2. The molecule has 0 aliphatic rings. The van der Waals surface area contributed by atoms with Gasteiger partial charge in [0.15, 0.2) is 0 Å². The zero-order valence-corrected chi connectivity index (χ0v) is 16.3. The van der Waals surface area contributed by atoms with Gasteiger partial charge >= 0.3 is 0 Å². The van der Waals surface area contributed by atoms with Crippen molar-refractivity contribution < 1.29 is 9.47 Å². The van der Waals surface area contributed by atoms with Crippen LogP contribution in [0.2, 0.25) is 0 Å². The van der Waals surface area contributed by atoms with E-state index in [2.05, 4.69) is 30.5 Å². The highest BCUT2D eigenvalue weighted by molar-refractivity contribution is 7.07. The van der Waals surface area contributed by atoms with Gasteiger partial charge in [-0.25, -0.2) is 0 Å². The van der Waals surface area contributed by atoms with Gasteiger partial charge in [0, 0.05) is 7.11 Å². The second-order valence-corrected chi connectivity index (χ2v) is 6.98. The van der Waals surface area contributed by atoms with Gasteiger partial charge in [-0.2, -0.15) is 16.6 Å². The Hall–Kier alpha value is -2.87. The molecular formula is C23H21NO2S. The predicted octanol–water partition coefficient (Wildman–Crippen LogP) is 5.69. The summed E-state index contributed by atoms with van der Waals surface area (Å²) in [5.74, 6) is 0.744. The molecule has 0 amide bonds. The van der Waals surface area contributed by atoms with E-state index in [1.807, 2.05) is 41.8 Å². The number of benzene rings is 2. The fourth-order valence-electron chi connectivity index (χ4n) is 2.87. The smallest absolute Gasteiger partial charge is 0.120 e. The summed E-state index contributed by atoms with van der Waals surface area (Å²) in [6.45, 7) is 3.06. The minimum atomic E-state index is 0.468. The molecule has 2 aromatic carbocycles. The molecule has 0 fully saturated rings. The Bertz CT molecular complexity index is 968. The number of aryl methyl sites for hydroxylation is 1. The van der Waals surface area contributed by atoms with Gasteiger partial charge in [0.25, 0.3) is 0 Å². The number of rotatable bonds is 7. The Morgan fingerprint density at radius 1 is 1.19 bits per heavy atom. The molecule has 0 saturated carbocycles. The van der Waals surface area contributed by atoms with Crippen LogP contribution in [-0.4, -0.2) is 13.7 Å². The van der Waals surface area contributed by atoms with Crippen LogP contribution in [0.1, 0.15) is 27.8 Å². The molecule has 0 spiro atoms. The molecule has 0 aliphatic carbocycles. The zero-order chi connectivity index (χ0) is 19.1. The van der Waals surface area contributed by atoms with Gasteiger partial charge in [-0.1, -0.05) is 24.3 Å². The Morgan fingerprint density at radius 2 is 2.04 bits per heavy atom. The molecule has 0 bridgehead atoms. The van der Waals surface area contributed by atoms with Crippen molar-refractivity contribution in [2.75, 3.05) is 13.7 Å². The number of hydrogen-bond acceptors (Lipinski definition) is 4. The maximum atomic E-state index is 9.51. The molecule has 3 aromatic rings. The second-order valence-electron chi connectivity index (χ2n) is 6.20. The average Bonchev–Trinajstić information content (AvgIpc) is 3.20. The summed E-state index contributed by atoms with van der Waals surface area (Å²) < 4.78 is 11.3. The van der Waals surface area contributed by atoms with Gasteiger partial charge in [-0.3, -0.25) is 0 Å². The van der Waals surface area contributed by atoms with E-state index in [4.69, 9.17) is 9.47 Å². The highest BCUT2D eigenvalue weighted by Gasteiger charge is 2.09. The third-order valence-electron chi connectivity index (χ3n) is 4.25. The molecule has 3 rings (SSSR count). The lowest BCUT2D eigenvalue weighted by Crippen LogP contribution is -1.98. The largest absolute Gasteiger partial charge is 0.489 e. The molecule has 0 aliphatic heterocycles. The summed E-state index contributed by atoms with van der Waals surface area (Å²) in [5.41, 5.74) is 5.90. The van der Waals surface area contributed by atoms with Crippen LogP contribution in [0.25, 0.3) is 11.6 Å². The number of hydrogen-bond donors (Lipinski definition) is 0. The van der Waals surface area contributed by atoms with E-state index in [1.165, 1.54) is 5.56 Å². The van der Waals surface area contributed by atoms with Crippen molar-refractivity contribution in [1.82, 2.24) is 0 Å². The maximum Gasteiger partial charge on any atom is 0.120 e. The monoisotopic (exact) mass is 375 g/mol. The van der Waals surface area contributed by atoms with Gasteiger partial charge in [-0.15, -0.1) is 0 Å². The minimum Gasteiger partial charge on any atom is -0.489 e. The van der Waals surface area contributed by atoms with Crippen molar-refractivity contribution in [2.45, 2.75) is 13.5 Å². The van der Waals surface area contributed by atoms with E-state index in [9.17, 15) is 5.26 Å². The number of nitriles is 1. The molecule has 1 aromatic heterocycles. The van der Waals surface area contributed by atoms with Crippen molar-refractivity contribution >= 4 is 23.0 Å². The first-order valence-electron chi connectivity index (χ1n) is 8.65.